The Bertz CT molecular complexity index is 537. The summed E-state index contributed by atoms with van der Waals surface area (Å²) < 4.78 is 0. The van der Waals surface area contributed by atoms with Crippen LogP contribution in [0.25, 0.3) is 0 Å². The van der Waals surface area contributed by atoms with Crippen LogP contribution < -0.4 is 5.73 Å². The first-order valence-electron chi connectivity index (χ1n) is 5.52. The Labute approximate surface area is 121 Å². The first-order chi connectivity index (χ1) is 8.58. The number of halogens is 3. The standard InChI is InChI=1S/C14H12Cl3N/c15-11-6-4-9(5-7-11)13(18)8-10-2-1-3-12(16)14(10)17/h1-7,13H,8,18H2. The molecule has 0 spiro atoms. The highest BCUT2D eigenvalue weighted by Crippen LogP contribution is 2.28. The molecule has 0 aliphatic heterocycles. The monoisotopic (exact) mass is 299 g/mol. The lowest BCUT2D eigenvalue weighted by atomic mass is 10.00. The predicted octanol–water partition coefficient (Wildman–Crippen LogP) is 4.89. The lowest BCUT2D eigenvalue weighted by molar-refractivity contribution is 0.722. The molecule has 4 heteroatoms. The van der Waals surface area contributed by atoms with Crippen LogP contribution in [0, 0.1) is 0 Å². The molecule has 2 aromatic rings. The molecule has 94 valence electrons. The van der Waals surface area contributed by atoms with Crippen molar-refractivity contribution in [1.82, 2.24) is 0 Å². The molecule has 1 atom stereocenters. The van der Waals surface area contributed by atoms with Crippen molar-refractivity contribution in [2.75, 3.05) is 0 Å². The van der Waals surface area contributed by atoms with Crippen molar-refractivity contribution in [2.45, 2.75) is 12.5 Å². The van der Waals surface area contributed by atoms with Crippen molar-refractivity contribution in [3.05, 3.63) is 68.7 Å². The summed E-state index contributed by atoms with van der Waals surface area (Å²) in [6.07, 6.45) is 0.640. The molecule has 0 saturated heterocycles. The van der Waals surface area contributed by atoms with Gasteiger partial charge >= 0.3 is 0 Å². The molecule has 2 N–H and O–H groups in total. The maximum Gasteiger partial charge on any atom is 0.0624 e. The van der Waals surface area contributed by atoms with Gasteiger partial charge in [-0.3, -0.25) is 0 Å². The second-order valence-corrected chi connectivity index (χ2v) is 5.30. The minimum absolute atomic E-state index is 0.127. The molecule has 0 bridgehead atoms. The Morgan fingerprint density at radius 3 is 2.28 bits per heavy atom. The van der Waals surface area contributed by atoms with Crippen molar-refractivity contribution in [1.29, 1.82) is 0 Å². The molecule has 18 heavy (non-hydrogen) atoms. The molecule has 2 rings (SSSR count). The van der Waals surface area contributed by atoms with Crippen molar-refractivity contribution >= 4 is 34.8 Å². The van der Waals surface area contributed by atoms with Crippen LogP contribution >= 0.6 is 34.8 Å². The number of hydrogen-bond donors (Lipinski definition) is 1. The topological polar surface area (TPSA) is 26.0 Å². The third kappa shape index (κ3) is 3.18. The van der Waals surface area contributed by atoms with Gasteiger partial charge in [0.15, 0.2) is 0 Å². The van der Waals surface area contributed by atoms with E-state index in [1.807, 2.05) is 36.4 Å². The lowest BCUT2D eigenvalue weighted by Gasteiger charge is -2.13. The zero-order valence-electron chi connectivity index (χ0n) is 9.54. The van der Waals surface area contributed by atoms with Crippen molar-refractivity contribution in [3.63, 3.8) is 0 Å². The van der Waals surface area contributed by atoms with Gasteiger partial charge in [0.1, 0.15) is 0 Å². The van der Waals surface area contributed by atoms with E-state index in [1.54, 1.807) is 6.07 Å². The third-order valence-corrected chi connectivity index (χ3v) is 3.88. The average Bonchev–Trinajstić information content (AvgIpc) is 2.36. The van der Waals surface area contributed by atoms with Gasteiger partial charge in [-0.2, -0.15) is 0 Å². The molecular weight excluding hydrogens is 289 g/mol. The van der Waals surface area contributed by atoms with Gasteiger partial charge in [0.25, 0.3) is 0 Å². The van der Waals surface area contributed by atoms with Gasteiger partial charge in [0, 0.05) is 11.1 Å². The normalized spacial score (nSPS) is 12.4. The van der Waals surface area contributed by atoms with E-state index in [-0.39, 0.29) is 6.04 Å². The number of rotatable bonds is 3. The van der Waals surface area contributed by atoms with Crippen LogP contribution in [-0.2, 0) is 6.42 Å². The lowest BCUT2D eigenvalue weighted by Crippen LogP contribution is -2.13. The Hall–Kier alpha value is -0.730. The summed E-state index contributed by atoms with van der Waals surface area (Å²) in [5.41, 5.74) is 8.13. The van der Waals surface area contributed by atoms with Gasteiger partial charge < -0.3 is 5.73 Å². The summed E-state index contributed by atoms with van der Waals surface area (Å²) in [5, 5.41) is 1.83. The molecule has 1 unspecified atom stereocenters. The van der Waals surface area contributed by atoms with E-state index in [1.165, 1.54) is 0 Å². The van der Waals surface area contributed by atoms with Crippen LogP contribution in [0.1, 0.15) is 17.2 Å². The highest BCUT2D eigenvalue weighted by atomic mass is 35.5. The Balaban J connectivity index is 2.18. The third-order valence-electron chi connectivity index (χ3n) is 2.77. The Kier molecular flexibility index (Phi) is 4.52. The molecule has 0 amide bonds. The zero-order valence-corrected chi connectivity index (χ0v) is 11.8. The molecule has 0 heterocycles. The van der Waals surface area contributed by atoms with Gasteiger partial charge in [-0.1, -0.05) is 59.1 Å². The molecule has 0 radical (unpaired) electrons. The molecular formula is C14H12Cl3N. The van der Waals surface area contributed by atoms with Crippen LogP contribution in [-0.4, -0.2) is 0 Å². The number of hydrogen-bond acceptors (Lipinski definition) is 1. The largest absolute Gasteiger partial charge is 0.324 e. The van der Waals surface area contributed by atoms with E-state index in [4.69, 9.17) is 40.5 Å². The SMILES string of the molecule is NC(Cc1cccc(Cl)c1Cl)c1ccc(Cl)cc1. The van der Waals surface area contributed by atoms with Crippen LogP contribution in [0.3, 0.4) is 0 Å². The first kappa shape index (κ1) is 13.7. The molecule has 0 saturated carbocycles. The van der Waals surface area contributed by atoms with Gasteiger partial charge in [-0.05, 0) is 35.7 Å². The maximum atomic E-state index is 6.15. The predicted molar refractivity (Wildman–Crippen MR) is 78.5 cm³/mol. The molecule has 0 fully saturated rings. The zero-order chi connectivity index (χ0) is 13.1. The smallest absolute Gasteiger partial charge is 0.0624 e. The van der Waals surface area contributed by atoms with E-state index in [0.29, 0.717) is 21.5 Å². The molecule has 1 nitrogen and oxygen atoms in total. The van der Waals surface area contributed by atoms with Crippen molar-refractivity contribution < 1.29 is 0 Å². The highest BCUT2D eigenvalue weighted by molar-refractivity contribution is 6.42. The average molecular weight is 301 g/mol. The molecule has 2 aromatic carbocycles. The van der Waals surface area contributed by atoms with E-state index < -0.39 is 0 Å². The van der Waals surface area contributed by atoms with Crippen LogP contribution in [0.15, 0.2) is 42.5 Å². The minimum atomic E-state index is -0.127. The Morgan fingerprint density at radius 1 is 0.944 bits per heavy atom. The van der Waals surface area contributed by atoms with Crippen LogP contribution in [0.2, 0.25) is 15.1 Å². The number of nitrogens with two attached hydrogens (primary N) is 1. The van der Waals surface area contributed by atoms with E-state index in [0.717, 1.165) is 11.1 Å². The fourth-order valence-electron chi connectivity index (χ4n) is 1.77. The molecule has 0 aromatic heterocycles. The molecule has 0 aliphatic rings. The maximum absolute atomic E-state index is 6.15. The summed E-state index contributed by atoms with van der Waals surface area (Å²) in [6, 6.07) is 12.9. The van der Waals surface area contributed by atoms with Crippen molar-refractivity contribution in [3.8, 4) is 0 Å². The Morgan fingerprint density at radius 2 is 1.61 bits per heavy atom. The fourth-order valence-corrected chi connectivity index (χ4v) is 2.29. The minimum Gasteiger partial charge on any atom is -0.324 e. The summed E-state index contributed by atoms with van der Waals surface area (Å²) in [5.74, 6) is 0. The summed E-state index contributed by atoms with van der Waals surface area (Å²) in [6.45, 7) is 0. The van der Waals surface area contributed by atoms with Gasteiger partial charge in [0.05, 0.1) is 10.0 Å². The second kappa shape index (κ2) is 5.94. The second-order valence-electron chi connectivity index (χ2n) is 4.08. The van der Waals surface area contributed by atoms with E-state index in [2.05, 4.69) is 0 Å². The fraction of sp³-hybridized carbons (Fsp3) is 0.143. The molecule has 0 aliphatic carbocycles. The van der Waals surface area contributed by atoms with Gasteiger partial charge in [-0.15, -0.1) is 0 Å². The van der Waals surface area contributed by atoms with E-state index in [9.17, 15) is 0 Å². The van der Waals surface area contributed by atoms with E-state index >= 15 is 0 Å². The summed E-state index contributed by atoms with van der Waals surface area (Å²) >= 11 is 18.0. The van der Waals surface area contributed by atoms with Crippen LogP contribution in [0.5, 0.6) is 0 Å². The summed E-state index contributed by atoms with van der Waals surface area (Å²) in [7, 11) is 0. The first-order valence-corrected chi connectivity index (χ1v) is 6.65. The van der Waals surface area contributed by atoms with Gasteiger partial charge in [-0.25, -0.2) is 0 Å². The van der Waals surface area contributed by atoms with Crippen molar-refractivity contribution in [2.24, 2.45) is 5.73 Å². The number of benzene rings is 2. The summed E-state index contributed by atoms with van der Waals surface area (Å²) in [4.78, 5) is 0. The van der Waals surface area contributed by atoms with Gasteiger partial charge in [0.2, 0.25) is 0 Å². The van der Waals surface area contributed by atoms with Crippen LogP contribution in [0.4, 0.5) is 0 Å². The quantitative estimate of drug-likeness (QED) is 0.858. The highest BCUT2D eigenvalue weighted by Gasteiger charge is 2.11.